The Morgan fingerprint density at radius 3 is 2.65 bits per heavy atom. The van der Waals surface area contributed by atoms with Gasteiger partial charge in [-0.2, -0.15) is 0 Å². The third-order valence-electron chi connectivity index (χ3n) is 5.04. The average molecular weight is 381 g/mol. The Kier molecular flexibility index (Phi) is 6.99. The molecule has 2 fully saturated rings. The Morgan fingerprint density at radius 2 is 1.96 bits per heavy atom. The number of methoxy groups -OCH3 is 1. The Bertz CT molecular complexity index is 607. The molecule has 0 atom stereocenters. The predicted octanol–water partition coefficient (Wildman–Crippen LogP) is 1.50. The van der Waals surface area contributed by atoms with Crippen LogP contribution in [0.1, 0.15) is 47.6 Å². The maximum Gasteiger partial charge on any atom is 0.273 e. The van der Waals surface area contributed by atoms with Gasteiger partial charge in [0, 0.05) is 44.7 Å². The van der Waals surface area contributed by atoms with E-state index in [4.69, 9.17) is 4.74 Å². The molecule has 0 spiro atoms. The number of hydrogen-bond acceptors (Lipinski definition) is 6. The summed E-state index contributed by atoms with van der Waals surface area (Å²) >= 11 is 1.44. The molecule has 3 rings (SSSR count). The van der Waals surface area contributed by atoms with Gasteiger partial charge in [0.15, 0.2) is 0 Å². The molecule has 0 bridgehead atoms. The first-order valence-electron chi connectivity index (χ1n) is 9.40. The first kappa shape index (κ1) is 19.3. The Morgan fingerprint density at radius 1 is 1.23 bits per heavy atom. The highest BCUT2D eigenvalue weighted by molar-refractivity contribution is 7.09. The normalized spacial score (nSPS) is 19.5. The van der Waals surface area contributed by atoms with Gasteiger partial charge < -0.3 is 15.0 Å². The lowest BCUT2D eigenvalue weighted by Gasteiger charge is -2.34. The highest BCUT2D eigenvalue weighted by atomic mass is 32.1. The number of carbonyl (C=O) groups excluding carboxylic acids is 2. The summed E-state index contributed by atoms with van der Waals surface area (Å²) in [5, 5.41) is 5.77. The van der Waals surface area contributed by atoms with Crippen LogP contribution in [0.3, 0.4) is 0 Å². The number of rotatable bonds is 6. The molecule has 1 aromatic rings. The van der Waals surface area contributed by atoms with Crippen LogP contribution in [-0.4, -0.2) is 72.5 Å². The van der Waals surface area contributed by atoms with Crippen molar-refractivity contribution in [1.82, 2.24) is 20.1 Å². The third-order valence-corrected chi connectivity index (χ3v) is 5.86. The average Bonchev–Trinajstić information content (AvgIpc) is 3.11. The van der Waals surface area contributed by atoms with Crippen LogP contribution in [0.2, 0.25) is 0 Å². The van der Waals surface area contributed by atoms with Gasteiger partial charge in [-0.15, -0.1) is 11.3 Å². The van der Waals surface area contributed by atoms with Gasteiger partial charge in [0.25, 0.3) is 5.91 Å². The van der Waals surface area contributed by atoms with Gasteiger partial charge in [0.05, 0.1) is 13.2 Å². The van der Waals surface area contributed by atoms with Crippen molar-refractivity contribution in [3.05, 3.63) is 16.1 Å². The second-order valence-corrected chi connectivity index (χ2v) is 7.97. The van der Waals surface area contributed by atoms with Crippen molar-refractivity contribution in [2.24, 2.45) is 0 Å². The first-order chi connectivity index (χ1) is 12.7. The number of piperazine rings is 1. The van der Waals surface area contributed by atoms with Gasteiger partial charge in [-0.25, -0.2) is 4.98 Å². The molecule has 0 aromatic carbocycles. The zero-order chi connectivity index (χ0) is 18.4. The van der Waals surface area contributed by atoms with Gasteiger partial charge in [-0.05, 0) is 12.8 Å². The maximum absolute atomic E-state index is 12.5. The van der Waals surface area contributed by atoms with E-state index in [0.717, 1.165) is 30.9 Å². The Hall–Kier alpha value is -1.51. The van der Waals surface area contributed by atoms with Gasteiger partial charge in [0.2, 0.25) is 5.91 Å². The van der Waals surface area contributed by atoms with Crippen molar-refractivity contribution in [3.63, 3.8) is 0 Å². The maximum atomic E-state index is 12.5. The van der Waals surface area contributed by atoms with Gasteiger partial charge in [-0.3, -0.25) is 14.5 Å². The second kappa shape index (κ2) is 9.43. The fourth-order valence-electron chi connectivity index (χ4n) is 3.59. The molecule has 1 saturated carbocycles. The fraction of sp³-hybridized carbons (Fsp3) is 0.722. The van der Waals surface area contributed by atoms with E-state index in [-0.39, 0.29) is 11.8 Å². The summed E-state index contributed by atoms with van der Waals surface area (Å²) in [7, 11) is 1.62. The molecule has 26 heavy (non-hydrogen) atoms. The molecule has 8 heteroatoms. The predicted molar refractivity (Wildman–Crippen MR) is 100 cm³/mol. The van der Waals surface area contributed by atoms with E-state index in [2.05, 4.69) is 15.2 Å². The molecule has 1 saturated heterocycles. The Balaban J connectivity index is 1.41. The summed E-state index contributed by atoms with van der Waals surface area (Å²) in [6.45, 7) is 3.56. The van der Waals surface area contributed by atoms with Crippen LogP contribution < -0.4 is 5.32 Å². The first-order valence-corrected chi connectivity index (χ1v) is 10.3. The molecule has 2 amide bonds. The number of thiazole rings is 1. The lowest BCUT2D eigenvalue weighted by atomic mass is 9.95. The van der Waals surface area contributed by atoms with E-state index >= 15 is 0 Å². The van der Waals surface area contributed by atoms with Crippen LogP contribution in [0.15, 0.2) is 5.38 Å². The minimum atomic E-state index is -0.0325. The molecule has 144 valence electrons. The SMILES string of the molecule is COCc1nc(C(=O)N2CCN(CC(=O)NC3CCCCC3)CC2)cs1. The molecule has 1 aliphatic carbocycles. The number of nitrogens with one attached hydrogen (secondary N) is 1. The van der Waals surface area contributed by atoms with Gasteiger partial charge in [-0.1, -0.05) is 19.3 Å². The van der Waals surface area contributed by atoms with Gasteiger partial charge >= 0.3 is 0 Å². The lowest BCUT2D eigenvalue weighted by Crippen LogP contribution is -2.52. The number of carbonyl (C=O) groups is 2. The Labute approximate surface area is 158 Å². The number of aromatic nitrogens is 1. The van der Waals surface area contributed by atoms with E-state index in [9.17, 15) is 9.59 Å². The molecule has 0 unspecified atom stereocenters. The summed E-state index contributed by atoms with van der Waals surface area (Å²) in [6, 6.07) is 0.352. The summed E-state index contributed by atoms with van der Waals surface area (Å²) in [5.74, 6) is 0.0790. The van der Waals surface area contributed by atoms with Crippen molar-refractivity contribution in [2.75, 3.05) is 39.8 Å². The molecule has 7 nitrogen and oxygen atoms in total. The monoisotopic (exact) mass is 380 g/mol. The van der Waals surface area contributed by atoms with Crippen LogP contribution in [-0.2, 0) is 16.1 Å². The fourth-order valence-corrected chi connectivity index (χ4v) is 4.33. The highest BCUT2D eigenvalue weighted by Gasteiger charge is 2.25. The molecular weight excluding hydrogens is 352 g/mol. The smallest absolute Gasteiger partial charge is 0.273 e. The topological polar surface area (TPSA) is 74.8 Å². The number of nitrogens with zero attached hydrogens (tertiary/aromatic N) is 3. The summed E-state index contributed by atoms with van der Waals surface area (Å²) in [4.78, 5) is 33.0. The van der Waals surface area contributed by atoms with E-state index in [0.29, 0.717) is 38.0 Å². The van der Waals surface area contributed by atoms with E-state index in [1.165, 1.54) is 30.6 Å². The van der Waals surface area contributed by atoms with Crippen LogP contribution >= 0.6 is 11.3 Å². The second-order valence-electron chi connectivity index (χ2n) is 7.03. The van der Waals surface area contributed by atoms with Crippen LogP contribution in [0.5, 0.6) is 0 Å². The summed E-state index contributed by atoms with van der Waals surface area (Å²) < 4.78 is 5.05. The van der Waals surface area contributed by atoms with Crippen LogP contribution in [0, 0.1) is 0 Å². The zero-order valence-corrected chi connectivity index (χ0v) is 16.2. The summed E-state index contributed by atoms with van der Waals surface area (Å²) in [5.41, 5.74) is 0.491. The van der Waals surface area contributed by atoms with Gasteiger partial charge in [0.1, 0.15) is 10.7 Å². The van der Waals surface area contributed by atoms with Crippen LogP contribution in [0.25, 0.3) is 0 Å². The highest BCUT2D eigenvalue weighted by Crippen LogP contribution is 2.17. The minimum absolute atomic E-state index is 0.0325. The number of amides is 2. The van der Waals surface area contributed by atoms with Crippen molar-refractivity contribution in [1.29, 1.82) is 0 Å². The molecule has 2 aliphatic rings. The molecule has 1 aromatic heterocycles. The van der Waals surface area contributed by atoms with Crippen molar-refractivity contribution in [3.8, 4) is 0 Å². The molecule has 1 aliphatic heterocycles. The number of hydrogen-bond donors (Lipinski definition) is 1. The largest absolute Gasteiger partial charge is 0.378 e. The summed E-state index contributed by atoms with van der Waals surface area (Å²) in [6.07, 6.45) is 5.93. The van der Waals surface area contributed by atoms with Crippen molar-refractivity contribution in [2.45, 2.75) is 44.8 Å². The van der Waals surface area contributed by atoms with Crippen molar-refractivity contribution >= 4 is 23.2 Å². The molecule has 0 radical (unpaired) electrons. The zero-order valence-electron chi connectivity index (χ0n) is 15.4. The third kappa shape index (κ3) is 5.25. The van der Waals surface area contributed by atoms with Crippen LogP contribution in [0.4, 0.5) is 0 Å². The van der Waals surface area contributed by atoms with E-state index < -0.39 is 0 Å². The quantitative estimate of drug-likeness (QED) is 0.809. The lowest BCUT2D eigenvalue weighted by molar-refractivity contribution is -0.123. The molecule has 2 heterocycles. The van der Waals surface area contributed by atoms with E-state index in [1.807, 2.05) is 4.90 Å². The molecular formula is C18H28N4O3S. The number of ether oxygens (including phenoxy) is 1. The molecule has 1 N–H and O–H groups in total. The minimum Gasteiger partial charge on any atom is -0.378 e. The standard InChI is InChI=1S/C18H28N4O3S/c1-25-12-17-20-15(13-26-17)18(24)22-9-7-21(8-10-22)11-16(23)19-14-5-3-2-4-6-14/h13-14H,2-12H2,1H3,(H,19,23). The van der Waals surface area contributed by atoms with Crippen molar-refractivity contribution < 1.29 is 14.3 Å². The van der Waals surface area contributed by atoms with E-state index in [1.54, 1.807) is 12.5 Å².